The van der Waals surface area contributed by atoms with Gasteiger partial charge in [0, 0.05) is 43.5 Å². The number of pyridine rings is 1. The third-order valence-electron chi connectivity index (χ3n) is 5.44. The van der Waals surface area contributed by atoms with Crippen molar-refractivity contribution < 1.29 is 4.74 Å². The molecule has 2 aliphatic heterocycles. The van der Waals surface area contributed by atoms with Gasteiger partial charge in [-0.05, 0) is 44.5 Å². The van der Waals surface area contributed by atoms with Crippen LogP contribution in [0.5, 0.6) is 0 Å². The predicted octanol–water partition coefficient (Wildman–Crippen LogP) is 1.69. The molecule has 2 aromatic heterocycles. The van der Waals surface area contributed by atoms with E-state index in [2.05, 4.69) is 31.9 Å². The molecule has 0 saturated carbocycles. The number of hydrogen-bond acceptors (Lipinski definition) is 6. The molecule has 7 heteroatoms. The van der Waals surface area contributed by atoms with E-state index >= 15 is 0 Å². The largest absolute Gasteiger partial charge is 0.378 e. The van der Waals surface area contributed by atoms with Gasteiger partial charge in [-0.15, -0.1) is 0 Å². The molecule has 0 aromatic carbocycles. The molecule has 4 rings (SSSR count). The summed E-state index contributed by atoms with van der Waals surface area (Å²) < 4.78 is 5.39. The molecule has 2 aliphatic rings. The Balaban J connectivity index is 1.39. The van der Waals surface area contributed by atoms with E-state index in [0.29, 0.717) is 25.1 Å². The summed E-state index contributed by atoms with van der Waals surface area (Å²) in [5.41, 5.74) is 3.17. The average molecular weight is 369 g/mol. The number of H-pyrrole nitrogens is 1. The second kappa shape index (κ2) is 8.19. The highest BCUT2D eigenvalue weighted by Gasteiger charge is 2.23. The molecular weight excluding hydrogens is 342 g/mol. The maximum Gasteiger partial charge on any atom is 0.252 e. The quantitative estimate of drug-likeness (QED) is 0.884. The third kappa shape index (κ3) is 4.54. The second-order valence-electron chi connectivity index (χ2n) is 7.45. The summed E-state index contributed by atoms with van der Waals surface area (Å²) >= 11 is 0. The fourth-order valence-corrected chi connectivity index (χ4v) is 3.83. The summed E-state index contributed by atoms with van der Waals surface area (Å²) in [6.45, 7) is 7.88. The number of likely N-dealkylation sites (tertiary alicyclic amines) is 1. The van der Waals surface area contributed by atoms with Crippen LogP contribution in [0.15, 0.2) is 29.2 Å². The highest BCUT2D eigenvalue weighted by Crippen LogP contribution is 2.27. The van der Waals surface area contributed by atoms with Gasteiger partial charge in [-0.3, -0.25) is 19.7 Å². The van der Waals surface area contributed by atoms with Gasteiger partial charge in [0.15, 0.2) is 0 Å². The van der Waals surface area contributed by atoms with Crippen molar-refractivity contribution in [1.29, 1.82) is 0 Å². The van der Waals surface area contributed by atoms with Gasteiger partial charge in [0.2, 0.25) is 5.95 Å². The predicted molar refractivity (Wildman–Crippen MR) is 104 cm³/mol. The Bertz CT molecular complexity index is 806. The molecule has 2 saturated heterocycles. The lowest BCUT2D eigenvalue weighted by atomic mass is 9.93. The molecule has 144 valence electrons. The summed E-state index contributed by atoms with van der Waals surface area (Å²) in [5, 5.41) is 0. The number of ether oxygens (including phenoxy) is 1. The van der Waals surface area contributed by atoms with E-state index in [9.17, 15) is 4.79 Å². The van der Waals surface area contributed by atoms with Crippen molar-refractivity contribution in [3.8, 4) is 0 Å². The second-order valence-corrected chi connectivity index (χ2v) is 7.45. The molecule has 0 atom stereocenters. The van der Waals surface area contributed by atoms with Crippen LogP contribution >= 0.6 is 0 Å². The summed E-state index contributed by atoms with van der Waals surface area (Å²) in [7, 11) is 0. The molecule has 0 bridgehead atoms. The standard InChI is InChI=1S/C20H27N5O2/c1-15-2-3-16(13-21-15)14-24-6-4-17(5-7-24)18-12-19(26)23-20(22-18)25-8-10-27-11-9-25/h2-3,12-13,17H,4-11,14H2,1H3,(H,22,23,26). The molecule has 0 amide bonds. The number of nitrogens with one attached hydrogen (secondary N) is 1. The molecule has 0 radical (unpaired) electrons. The number of rotatable bonds is 4. The summed E-state index contributed by atoms with van der Waals surface area (Å²) in [6, 6.07) is 5.89. The number of nitrogens with zero attached hydrogens (tertiary/aromatic N) is 4. The van der Waals surface area contributed by atoms with Crippen molar-refractivity contribution in [1.82, 2.24) is 19.9 Å². The molecule has 27 heavy (non-hydrogen) atoms. The van der Waals surface area contributed by atoms with Crippen LogP contribution in [0, 0.1) is 6.92 Å². The van der Waals surface area contributed by atoms with Crippen molar-refractivity contribution in [2.24, 2.45) is 0 Å². The Hall–Kier alpha value is -2.25. The molecule has 1 N–H and O–H groups in total. The number of morpholine rings is 1. The summed E-state index contributed by atoms with van der Waals surface area (Å²) in [4.78, 5) is 28.8. The van der Waals surface area contributed by atoms with E-state index in [1.165, 1.54) is 5.56 Å². The topological polar surface area (TPSA) is 74.4 Å². The van der Waals surface area contributed by atoms with E-state index in [-0.39, 0.29) is 5.56 Å². The van der Waals surface area contributed by atoms with Crippen LogP contribution in [0.4, 0.5) is 5.95 Å². The lowest BCUT2D eigenvalue weighted by Gasteiger charge is -2.32. The van der Waals surface area contributed by atoms with Gasteiger partial charge in [0.05, 0.1) is 18.9 Å². The number of piperidine rings is 1. The maximum absolute atomic E-state index is 12.2. The minimum atomic E-state index is -0.0605. The van der Waals surface area contributed by atoms with Crippen LogP contribution in [0.1, 0.15) is 35.7 Å². The Morgan fingerprint density at radius 2 is 1.96 bits per heavy atom. The zero-order valence-electron chi connectivity index (χ0n) is 15.9. The van der Waals surface area contributed by atoms with Gasteiger partial charge in [0.1, 0.15) is 0 Å². The van der Waals surface area contributed by atoms with Crippen molar-refractivity contribution in [2.75, 3.05) is 44.3 Å². The highest BCUT2D eigenvalue weighted by molar-refractivity contribution is 5.31. The first-order valence-corrected chi connectivity index (χ1v) is 9.75. The van der Waals surface area contributed by atoms with Crippen LogP contribution in [0.25, 0.3) is 0 Å². The first-order valence-electron chi connectivity index (χ1n) is 9.75. The molecular formula is C20H27N5O2. The number of anilines is 1. The van der Waals surface area contributed by atoms with E-state index in [1.54, 1.807) is 6.07 Å². The van der Waals surface area contributed by atoms with Crippen LogP contribution in [-0.4, -0.2) is 59.2 Å². The lowest BCUT2D eigenvalue weighted by Crippen LogP contribution is -2.39. The normalized spacial score (nSPS) is 19.4. The van der Waals surface area contributed by atoms with E-state index in [4.69, 9.17) is 9.72 Å². The number of hydrogen-bond donors (Lipinski definition) is 1. The van der Waals surface area contributed by atoms with Crippen LogP contribution in [-0.2, 0) is 11.3 Å². The van der Waals surface area contributed by atoms with Crippen LogP contribution < -0.4 is 10.5 Å². The van der Waals surface area contributed by atoms with Crippen LogP contribution in [0.2, 0.25) is 0 Å². The van der Waals surface area contributed by atoms with E-state index in [1.807, 2.05) is 13.1 Å². The maximum atomic E-state index is 12.2. The first-order chi connectivity index (χ1) is 13.2. The van der Waals surface area contributed by atoms with E-state index < -0.39 is 0 Å². The molecule has 7 nitrogen and oxygen atoms in total. The van der Waals surface area contributed by atoms with Gasteiger partial charge in [0.25, 0.3) is 5.56 Å². The minimum absolute atomic E-state index is 0.0605. The summed E-state index contributed by atoms with van der Waals surface area (Å²) in [5.74, 6) is 1.04. The molecule has 2 fully saturated rings. The third-order valence-corrected chi connectivity index (χ3v) is 5.44. The smallest absolute Gasteiger partial charge is 0.252 e. The average Bonchev–Trinajstić information content (AvgIpc) is 2.70. The van der Waals surface area contributed by atoms with Crippen molar-refractivity contribution in [3.63, 3.8) is 0 Å². The zero-order valence-corrected chi connectivity index (χ0v) is 15.9. The van der Waals surface area contributed by atoms with Crippen molar-refractivity contribution >= 4 is 5.95 Å². The Morgan fingerprint density at radius 3 is 2.67 bits per heavy atom. The zero-order chi connectivity index (χ0) is 18.6. The highest BCUT2D eigenvalue weighted by atomic mass is 16.5. The lowest BCUT2D eigenvalue weighted by molar-refractivity contribution is 0.122. The fraction of sp³-hybridized carbons (Fsp3) is 0.550. The van der Waals surface area contributed by atoms with Gasteiger partial charge >= 0.3 is 0 Å². The van der Waals surface area contributed by atoms with Crippen molar-refractivity contribution in [3.05, 3.63) is 51.7 Å². The summed E-state index contributed by atoms with van der Waals surface area (Å²) in [6.07, 6.45) is 4.02. The van der Waals surface area contributed by atoms with Gasteiger partial charge in [-0.1, -0.05) is 6.07 Å². The van der Waals surface area contributed by atoms with Gasteiger partial charge in [-0.25, -0.2) is 4.98 Å². The van der Waals surface area contributed by atoms with Crippen molar-refractivity contribution in [2.45, 2.75) is 32.2 Å². The first kappa shape index (κ1) is 18.1. The molecule has 0 unspecified atom stereocenters. The number of aromatic nitrogens is 3. The monoisotopic (exact) mass is 369 g/mol. The van der Waals surface area contributed by atoms with Crippen LogP contribution in [0.3, 0.4) is 0 Å². The van der Waals surface area contributed by atoms with Gasteiger partial charge < -0.3 is 9.64 Å². The van der Waals surface area contributed by atoms with Gasteiger partial charge in [-0.2, -0.15) is 0 Å². The number of aromatic amines is 1. The SMILES string of the molecule is Cc1ccc(CN2CCC(c3cc(=O)[nH]c(N4CCOCC4)n3)CC2)cn1. The molecule has 4 heterocycles. The molecule has 0 aliphatic carbocycles. The Labute approximate surface area is 159 Å². The fourth-order valence-electron chi connectivity index (χ4n) is 3.83. The minimum Gasteiger partial charge on any atom is -0.378 e. The van der Waals surface area contributed by atoms with E-state index in [0.717, 1.165) is 57.0 Å². The Morgan fingerprint density at radius 1 is 1.19 bits per heavy atom. The number of aryl methyl sites for hydroxylation is 1. The molecule has 0 spiro atoms. The Kier molecular flexibility index (Phi) is 5.50. The molecule has 2 aromatic rings.